The van der Waals surface area contributed by atoms with Crippen LogP contribution in [0.25, 0.3) is 27.6 Å². The molecule has 0 radical (unpaired) electrons. The van der Waals surface area contributed by atoms with Crippen LogP contribution in [-0.2, 0) is 12.2 Å². The maximum Gasteiger partial charge on any atom is 0.226 e. The first-order valence-corrected chi connectivity index (χ1v) is 9.42. The van der Waals surface area contributed by atoms with Crippen molar-refractivity contribution in [3.8, 4) is 0 Å². The highest BCUT2D eigenvalue weighted by Gasteiger charge is 2.15. The molecule has 0 saturated heterocycles. The second-order valence-corrected chi connectivity index (χ2v) is 6.85. The van der Waals surface area contributed by atoms with Gasteiger partial charge in [-0.15, -0.1) is 10.2 Å². The summed E-state index contributed by atoms with van der Waals surface area (Å²) in [6.07, 6.45) is 0.738. The van der Waals surface area contributed by atoms with Crippen LogP contribution in [0.5, 0.6) is 0 Å². The van der Waals surface area contributed by atoms with E-state index in [0.717, 1.165) is 39.2 Å². The van der Waals surface area contributed by atoms with Crippen molar-refractivity contribution in [1.82, 2.24) is 24.6 Å². The number of benzene rings is 2. The van der Waals surface area contributed by atoms with Crippen LogP contribution in [0.1, 0.15) is 18.7 Å². The predicted molar refractivity (Wildman–Crippen MR) is 101 cm³/mol. The van der Waals surface area contributed by atoms with Crippen LogP contribution >= 0.6 is 11.8 Å². The monoisotopic (exact) mass is 361 g/mol. The van der Waals surface area contributed by atoms with E-state index in [4.69, 9.17) is 14.4 Å². The fourth-order valence-corrected chi connectivity index (χ4v) is 3.87. The maximum absolute atomic E-state index is 5.63. The lowest BCUT2D eigenvalue weighted by atomic mass is 10.2. The van der Waals surface area contributed by atoms with Crippen LogP contribution in [0.15, 0.2) is 58.1 Å². The van der Waals surface area contributed by atoms with Gasteiger partial charge in [0.1, 0.15) is 5.65 Å². The third-order valence-corrected chi connectivity index (χ3v) is 5.17. The van der Waals surface area contributed by atoms with Crippen LogP contribution in [0.2, 0.25) is 0 Å². The molecule has 0 aliphatic rings. The molecule has 2 aromatic carbocycles. The first-order valence-electron chi connectivity index (χ1n) is 8.43. The zero-order valence-electron chi connectivity index (χ0n) is 14.1. The molecule has 0 saturated carbocycles. The topological polar surface area (TPSA) is 69.1 Å². The van der Waals surface area contributed by atoms with Crippen molar-refractivity contribution >= 4 is 39.3 Å². The second kappa shape index (κ2) is 6.10. The van der Waals surface area contributed by atoms with Gasteiger partial charge in [-0.1, -0.05) is 43.0 Å². The average Bonchev–Trinajstić information content (AvgIpc) is 3.30. The molecule has 6 nitrogen and oxygen atoms in total. The lowest BCUT2D eigenvalue weighted by Crippen LogP contribution is -1.97. The van der Waals surface area contributed by atoms with Crippen molar-refractivity contribution in [2.45, 2.75) is 24.3 Å². The predicted octanol–water partition coefficient (Wildman–Crippen LogP) is 4.27. The van der Waals surface area contributed by atoms with E-state index in [9.17, 15) is 0 Å². The number of rotatable bonds is 4. The van der Waals surface area contributed by atoms with Crippen LogP contribution in [0, 0.1) is 0 Å². The summed E-state index contributed by atoms with van der Waals surface area (Å²) < 4.78 is 7.74. The Morgan fingerprint density at radius 3 is 2.54 bits per heavy atom. The highest BCUT2D eigenvalue weighted by atomic mass is 32.2. The summed E-state index contributed by atoms with van der Waals surface area (Å²) in [4.78, 5) is 9.70. The summed E-state index contributed by atoms with van der Waals surface area (Å²) in [7, 11) is 0. The quantitative estimate of drug-likeness (QED) is 0.352. The Bertz CT molecular complexity index is 1240. The normalized spacial score (nSPS) is 11.7. The largest absolute Gasteiger partial charge is 0.424 e. The van der Waals surface area contributed by atoms with Crippen LogP contribution in [0.4, 0.5) is 0 Å². The van der Waals surface area contributed by atoms with Gasteiger partial charge in [0.2, 0.25) is 11.8 Å². The van der Waals surface area contributed by atoms with Gasteiger partial charge in [-0.25, -0.2) is 9.97 Å². The molecule has 128 valence electrons. The minimum Gasteiger partial charge on any atom is -0.424 e. The van der Waals surface area contributed by atoms with Crippen molar-refractivity contribution in [3.05, 3.63) is 60.3 Å². The van der Waals surface area contributed by atoms with E-state index in [-0.39, 0.29) is 0 Å². The zero-order chi connectivity index (χ0) is 17.5. The average molecular weight is 361 g/mol. The Balaban J connectivity index is 1.68. The van der Waals surface area contributed by atoms with Crippen molar-refractivity contribution in [2.24, 2.45) is 0 Å². The summed E-state index contributed by atoms with van der Waals surface area (Å²) in [5.74, 6) is 1.84. The molecule has 3 heterocycles. The van der Waals surface area contributed by atoms with E-state index < -0.39 is 0 Å². The molecule has 26 heavy (non-hydrogen) atoms. The van der Waals surface area contributed by atoms with Crippen molar-refractivity contribution in [2.75, 3.05) is 0 Å². The van der Waals surface area contributed by atoms with E-state index in [1.54, 1.807) is 11.8 Å². The van der Waals surface area contributed by atoms with Gasteiger partial charge in [-0.05, 0) is 24.3 Å². The Morgan fingerprint density at radius 1 is 0.923 bits per heavy atom. The number of para-hydroxylation sites is 3. The first kappa shape index (κ1) is 15.3. The third kappa shape index (κ3) is 2.43. The fraction of sp³-hybridized carbons (Fsp3) is 0.158. The van der Waals surface area contributed by atoms with Crippen molar-refractivity contribution < 1.29 is 4.42 Å². The van der Waals surface area contributed by atoms with E-state index in [1.165, 1.54) is 0 Å². The number of thioether (sulfide) groups is 1. The Hall–Kier alpha value is -2.93. The van der Waals surface area contributed by atoms with Gasteiger partial charge in [-0.3, -0.25) is 4.40 Å². The molecule has 0 bridgehead atoms. The molecule has 0 amide bonds. The molecular weight excluding hydrogens is 346 g/mol. The zero-order valence-corrected chi connectivity index (χ0v) is 14.9. The molecule has 0 fully saturated rings. The molecule has 5 aromatic rings. The second-order valence-electron chi connectivity index (χ2n) is 5.90. The number of imidazole rings is 1. The summed E-state index contributed by atoms with van der Waals surface area (Å²) >= 11 is 1.58. The van der Waals surface area contributed by atoms with Gasteiger partial charge in [0.25, 0.3) is 0 Å². The number of nitrogens with zero attached hydrogens (tertiary/aromatic N) is 5. The standard InChI is InChI=1S/C19H15N5OS/c1-2-16-22-23-17(25-16)11-26-19-21-13-8-4-3-7-12(13)18-20-14-9-5-6-10-15(14)24(18)19/h3-10H,2,11H2,1H3. The van der Waals surface area contributed by atoms with Gasteiger partial charge in [-0.2, -0.15) is 0 Å². The maximum atomic E-state index is 5.63. The molecule has 0 atom stereocenters. The van der Waals surface area contributed by atoms with E-state index in [0.29, 0.717) is 17.5 Å². The van der Waals surface area contributed by atoms with Crippen LogP contribution in [0.3, 0.4) is 0 Å². The molecular formula is C19H15N5OS. The first-order chi connectivity index (χ1) is 12.8. The SMILES string of the molecule is CCc1nnc(CSc2nc3ccccc3c3nc4ccccc4n23)o1. The van der Waals surface area contributed by atoms with Gasteiger partial charge < -0.3 is 4.42 Å². The van der Waals surface area contributed by atoms with Crippen LogP contribution in [-0.4, -0.2) is 24.6 Å². The Morgan fingerprint density at radius 2 is 1.69 bits per heavy atom. The minimum absolute atomic E-state index is 0.569. The van der Waals surface area contributed by atoms with Crippen molar-refractivity contribution in [3.63, 3.8) is 0 Å². The molecule has 0 N–H and O–H groups in total. The number of aromatic nitrogens is 5. The van der Waals surface area contributed by atoms with Gasteiger partial charge in [0, 0.05) is 11.8 Å². The lowest BCUT2D eigenvalue weighted by molar-refractivity contribution is 0.470. The molecule has 3 aromatic heterocycles. The Labute approximate surface area is 153 Å². The van der Waals surface area contributed by atoms with Gasteiger partial charge in [0.05, 0.1) is 22.3 Å². The highest BCUT2D eigenvalue weighted by molar-refractivity contribution is 7.98. The molecule has 0 aliphatic heterocycles. The number of hydrogen-bond acceptors (Lipinski definition) is 6. The Kier molecular flexibility index (Phi) is 3.60. The number of aryl methyl sites for hydroxylation is 1. The third-order valence-electron chi connectivity index (χ3n) is 4.25. The summed E-state index contributed by atoms with van der Waals surface area (Å²) in [5.41, 5.74) is 3.85. The molecule has 0 spiro atoms. The summed E-state index contributed by atoms with van der Waals surface area (Å²) in [6.45, 7) is 2.00. The van der Waals surface area contributed by atoms with Crippen molar-refractivity contribution in [1.29, 1.82) is 0 Å². The molecule has 0 aliphatic carbocycles. The van der Waals surface area contributed by atoms with E-state index in [1.807, 2.05) is 43.3 Å². The fourth-order valence-electron chi connectivity index (χ4n) is 3.03. The molecule has 0 unspecified atom stereocenters. The molecule has 5 rings (SSSR count). The lowest BCUT2D eigenvalue weighted by Gasteiger charge is -2.07. The summed E-state index contributed by atoms with van der Waals surface area (Å²) in [5, 5.41) is 10.0. The smallest absolute Gasteiger partial charge is 0.226 e. The summed E-state index contributed by atoms with van der Waals surface area (Å²) in [6, 6.07) is 16.2. The minimum atomic E-state index is 0.569. The van der Waals surface area contributed by atoms with Gasteiger partial charge >= 0.3 is 0 Å². The van der Waals surface area contributed by atoms with E-state index >= 15 is 0 Å². The molecule has 7 heteroatoms. The number of fused-ring (bicyclic) bond motifs is 5. The van der Waals surface area contributed by atoms with Gasteiger partial charge in [0.15, 0.2) is 5.16 Å². The van der Waals surface area contributed by atoms with E-state index in [2.05, 4.69) is 26.7 Å². The van der Waals surface area contributed by atoms with Crippen LogP contribution < -0.4 is 0 Å². The highest BCUT2D eigenvalue weighted by Crippen LogP contribution is 2.30. The number of hydrogen-bond donors (Lipinski definition) is 0.